The van der Waals surface area contributed by atoms with E-state index in [0.29, 0.717) is 29.4 Å². The molecule has 0 aliphatic heterocycles. The maximum absolute atomic E-state index is 15.3. The molecule has 0 heterocycles. The Morgan fingerprint density at radius 1 is 0.750 bits per heavy atom. The van der Waals surface area contributed by atoms with E-state index in [0.717, 1.165) is 29.7 Å². The highest BCUT2D eigenvalue weighted by atomic mass is 19.4. The first-order chi connectivity index (χ1) is 19.2. The minimum Gasteiger partial charge on any atom is -0.481 e. The van der Waals surface area contributed by atoms with E-state index in [1.54, 1.807) is 6.07 Å². The molecule has 0 radical (unpaired) electrons. The quantitative estimate of drug-likeness (QED) is 0.149. The molecule has 40 heavy (non-hydrogen) atoms. The van der Waals surface area contributed by atoms with Gasteiger partial charge in [-0.25, -0.2) is 8.78 Å². The zero-order valence-corrected chi connectivity index (χ0v) is 23.5. The van der Waals surface area contributed by atoms with Crippen LogP contribution in [0.1, 0.15) is 87.8 Å². The summed E-state index contributed by atoms with van der Waals surface area (Å²) in [6, 6.07) is 13.6. The number of unbranched alkanes of at least 4 members (excludes halogenated alkanes) is 3. The number of fused-ring (bicyclic) bond motifs is 1. The molecule has 0 N–H and O–H groups in total. The number of halogens is 5. The van der Waals surface area contributed by atoms with Gasteiger partial charge in [0.05, 0.1) is 0 Å². The number of hydrogen-bond acceptors (Lipinski definition) is 1. The SMILES string of the molecule is CCCCCCC1CCC(CCc2ccc3c(F)c(CCc4ccc(OCC(F)(F)F)c(F)c4)ccc3c2)CC1. The lowest BCUT2D eigenvalue weighted by molar-refractivity contribution is -0.153. The van der Waals surface area contributed by atoms with Crippen LogP contribution in [0.25, 0.3) is 10.8 Å². The first-order valence-corrected chi connectivity index (χ1v) is 14.9. The molecule has 0 aromatic heterocycles. The molecule has 1 aliphatic rings. The van der Waals surface area contributed by atoms with Crippen LogP contribution in [0.5, 0.6) is 5.75 Å². The molecular weight excluding hydrogens is 519 g/mol. The van der Waals surface area contributed by atoms with Crippen molar-refractivity contribution in [3.05, 3.63) is 76.9 Å². The molecule has 0 spiro atoms. The fraction of sp³-hybridized carbons (Fsp3) is 0.529. The summed E-state index contributed by atoms with van der Waals surface area (Å²) < 4.78 is 71.0. The Morgan fingerprint density at radius 2 is 1.45 bits per heavy atom. The van der Waals surface area contributed by atoms with E-state index in [1.165, 1.54) is 81.9 Å². The van der Waals surface area contributed by atoms with Crippen molar-refractivity contribution in [1.82, 2.24) is 0 Å². The number of alkyl halides is 3. The van der Waals surface area contributed by atoms with Gasteiger partial charge < -0.3 is 4.74 Å². The number of ether oxygens (including phenoxy) is 1. The molecule has 3 aromatic carbocycles. The van der Waals surface area contributed by atoms with Crippen molar-refractivity contribution in [3.63, 3.8) is 0 Å². The molecule has 1 fully saturated rings. The van der Waals surface area contributed by atoms with Gasteiger partial charge in [0.2, 0.25) is 0 Å². The van der Waals surface area contributed by atoms with E-state index >= 15 is 4.39 Å². The molecule has 3 aromatic rings. The fourth-order valence-corrected chi connectivity index (χ4v) is 6.03. The van der Waals surface area contributed by atoms with Gasteiger partial charge in [-0.05, 0) is 71.7 Å². The Balaban J connectivity index is 1.27. The monoisotopic (exact) mass is 560 g/mol. The molecule has 0 amide bonds. The maximum Gasteiger partial charge on any atom is 0.422 e. The Labute approximate surface area is 235 Å². The fourth-order valence-electron chi connectivity index (χ4n) is 6.03. The highest BCUT2D eigenvalue weighted by Crippen LogP contribution is 2.35. The van der Waals surface area contributed by atoms with Crippen molar-refractivity contribution < 1.29 is 26.7 Å². The second-order valence-electron chi connectivity index (χ2n) is 11.5. The van der Waals surface area contributed by atoms with Crippen molar-refractivity contribution in [1.29, 1.82) is 0 Å². The highest BCUT2D eigenvalue weighted by molar-refractivity contribution is 5.84. The van der Waals surface area contributed by atoms with Crippen LogP contribution in [0, 0.1) is 23.5 Å². The van der Waals surface area contributed by atoms with Crippen LogP contribution in [0.4, 0.5) is 22.0 Å². The average Bonchev–Trinajstić information content (AvgIpc) is 2.93. The van der Waals surface area contributed by atoms with E-state index in [4.69, 9.17) is 0 Å². The van der Waals surface area contributed by atoms with Crippen molar-refractivity contribution in [2.45, 2.75) is 96.6 Å². The predicted molar refractivity (Wildman–Crippen MR) is 152 cm³/mol. The number of hydrogen-bond donors (Lipinski definition) is 0. The molecule has 0 bridgehead atoms. The molecule has 1 nitrogen and oxygen atoms in total. The standard InChI is InChI=1S/C34H41F5O/c1-2-3-4-5-6-24-7-9-25(10-8-24)11-12-26-14-19-30-29(21-26)18-17-28(33(30)36)16-13-27-15-20-32(31(35)22-27)40-23-34(37,38)39/h14-15,17-22,24-25H,2-13,16,23H2,1H3. The molecule has 0 atom stereocenters. The summed E-state index contributed by atoms with van der Waals surface area (Å²) >= 11 is 0. The van der Waals surface area contributed by atoms with Crippen molar-refractivity contribution >= 4 is 10.8 Å². The maximum atomic E-state index is 15.3. The summed E-state index contributed by atoms with van der Waals surface area (Å²) in [5, 5.41) is 1.46. The van der Waals surface area contributed by atoms with Crippen molar-refractivity contribution in [2.75, 3.05) is 6.61 Å². The van der Waals surface area contributed by atoms with Crippen LogP contribution in [-0.2, 0) is 19.3 Å². The first-order valence-electron chi connectivity index (χ1n) is 14.9. The van der Waals surface area contributed by atoms with Gasteiger partial charge >= 0.3 is 6.18 Å². The van der Waals surface area contributed by atoms with Gasteiger partial charge in [-0.15, -0.1) is 0 Å². The summed E-state index contributed by atoms with van der Waals surface area (Å²) in [4.78, 5) is 0. The van der Waals surface area contributed by atoms with E-state index in [9.17, 15) is 17.6 Å². The Hall–Kier alpha value is -2.63. The summed E-state index contributed by atoms with van der Waals surface area (Å²) in [5.74, 6) is 0.133. The van der Waals surface area contributed by atoms with Gasteiger partial charge in [-0.2, -0.15) is 13.2 Å². The van der Waals surface area contributed by atoms with Crippen LogP contribution >= 0.6 is 0 Å². The normalized spacial score (nSPS) is 17.9. The van der Waals surface area contributed by atoms with Crippen LogP contribution in [0.3, 0.4) is 0 Å². The zero-order valence-electron chi connectivity index (χ0n) is 23.5. The second-order valence-corrected chi connectivity index (χ2v) is 11.5. The van der Waals surface area contributed by atoms with E-state index < -0.39 is 24.3 Å². The Morgan fingerprint density at radius 3 is 2.15 bits per heavy atom. The largest absolute Gasteiger partial charge is 0.481 e. The van der Waals surface area contributed by atoms with Crippen LogP contribution in [-0.4, -0.2) is 12.8 Å². The number of aryl methyl sites for hydroxylation is 3. The van der Waals surface area contributed by atoms with E-state index in [2.05, 4.69) is 17.7 Å². The average molecular weight is 561 g/mol. The lowest BCUT2D eigenvalue weighted by Crippen LogP contribution is -2.19. The minimum absolute atomic E-state index is 0.271. The van der Waals surface area contributed by atoms with Crippen molar-refractivity contribution in [2.24, 2.45) is 11.8 Å². The molecule has 6 heteroatoms. The highest BCUT2D eigenvalue weighted by Gasteiger charge is 2.29. The molecular formula is C34H41F5O. The smallest absolute Gasteiger partial charge is 0.422 e. The molecule has 0 unspecified atom stereocenters. The molecule has 1 saturated carbocycles. The third-order valence-corrected chi connectivity index (χ3v) is 8.44. The topological polar surface area (TPSA) is 9.23 Å². The molecule has 4 rings (SSSR count). The van der Waals surface area contributed by atoms with Gasteiger partial charge in [0.15, 0.2) is 18.2 Å². The molecule has 0 saturated heterocycles. The van der Waals surface area contributed by atoms with Gasteiger partial charge in [0, 0.05) is 5.39 Å². The first kappa shape index (κ1) is 30.3. The second kappa shape index (κ2) is 14.3. The number of rotatable bonds is 13. The lowest BCUT2D eigenvalue weighted by Gasteiger charge is -2.28. The van der Waals surface area contributed by atoms with Crippen molar-refractivity contribution in [3.8, 4) is 5.75 Å². The van der Waals surface area contributed by atoms with Gasteiger partial charge in [-0.1, -0.05) is 101 Å². The Bertz CT molecular complexity index is 1230. The van der Waals surface area contributed by atoms with Crippen LogP contribution in [0.2, 0.25) is 0 Å². The third-order valence-electron chi connectivity index (χ3n) is 8.44. The molecule has 218 valence electrons. The summed E-state index contributed by atoms with van der Waals surface area (Å²) in [5.41, 5.74) is 2.34. The summed E-state index contributed by atoms with van der Waals surface area (Å²) in [6.07, 6.45) is 10.6. The Kier molecular flexibility index (Phi) is 10.9. The molecule has 1 aliphatic carbocycles. The zero-order chi connectivity index (χ0) is 28.5. The van der Waals surface area contributed by atoms with Gasteiger partial charge in [-0.3, -0.25) is 0 Å². The van der Waals surface area contributed by atoms with E-state index in [-0.39, 0.29) is 5.82 Å². The summed E-state index contributed by atoms with van der Waals surface area (Å²) in [7, 11) is 0. The number of benzene rings is 3. The summed E-state index contributed by atoms with van der Waals surface area (Å²) in [6.45, 7) is 0.712. The van der Waals surface area contributed by atoms with E-state index in [1.807, 2.05) is 18.2 Å². The van der Waals surface area contributed by atoms with Crippen LogP contribution < -0.4 is 4.74 Å². The van der Waals surface area contributed by atoms with Gasteiger partial charge in [0.25, 0.3) is 0 Å². The third kappa shape index (κ3) is 8.94. The van der Waals surface area contributed by atoms with Crippen LogP contribution in [0.15, 0.2) is 48.5 Å². The minimum atomic E-state index is -4.54. The predicted octanol–water partition coefficient (Wildman–Crippen LogP) is 10.6. The van der Waals surface area contributed by atoms with Gasteiger partial charge in [0.1, 0.15) is 5.82 Å². The lowest BCUT2D eigenvalue weighted by atomic mass is 9.77.